The highest BCUT2D eigenvalue weighted by molar-refractivity contribution is 5.86. The van der Waals surface area contributed by atoms with E-state index >= 15 is 0 Å². The van der Waals surface area contributed by atoms with Crippen molar-refractivity contribution in [2.75, 3.05) is 6.54 Å². The van der Waals surface area contributed by atoms with Crippen LogP contribution in [-0.2, 0) is 4.79 Å². The van der Waals surface area contributed by atoms with Gasteiger partial charge in [-0.2, -0.15) is 0 Å². The summed E-state index contributed by atoms with van der Waals surface area (Å²) in [6, 6.07) is 1.59. The van der Waals surface area contributed by atoms with Crippen LogP contribution in [0.2, 0.25) is 0 Å². The zero-order chi connectivity index (χ0) is 13.8. The number of fused-ring (bicyclic) bond motifs is 1. The van der Waals surface area contributed by atoms with Gasteiger partial charge in [0.1, 0.15) is 5.65 Å². The minimum absolute atomic E-state index is 0.0342. The summed E-state index contributed by atoms with van der Waals surface area (Å²) in [5.41, 5.74) is 0.965. The summed E-state index contributed by atoms with van der Waals surface area (Å²) >= 11 is 0. The van der Waals surface area contributed by atoms with E-state index in [9.17, 15) is 14.9 Å². The second kappa shape index (κ2) is 5.18. The largest absolute Gasteiger partial charge is 0.345 e. The molecule has 19 heavy (non-hydrogen) atoms. The first kappa shape index (κ1) is 12.6. The van der Waals surface area contributed by atoms with Crippen molar-refractivity contribution in [3.63, 3.8) is 0 Å². The standard InChI is InChI=1S/C12H10N4O3/c1-8(17)13-4-2-3-9-5-10-11(16(18)19)7-15-12(10)14-6-9/h5-7H,4H2,1H3,(H,13,17)(H,14,15). The fraction of sp³-hybridized carbons (Fsp3) is 0.167. The SMILES string of the molecule is CC(=O)NCC#Cc1cnc2[nH]cc([N+](=O)[O-])c2c1. The third-order valence-electron chi connectivity index (χ3n) is 2.36. The van der Waals surface area contributed by atoms with Gasteiger partial charge in [-0.25, -0.2) is 4.98 Å². The lowest BCUT2D eigenvalue weighted by Crippen LogP contribution is -2.19. The number of carbonyl (C=O) groups excluding carboxylic acids is 1. The van der Waals surface area contributed by atoms with E-state index in [1.54, 1.807) is 6.07 Å². The summed E-state index contributed by atoms with van der Waals surface area (Å²) in [6.07, 6.45) is 2.81. The smallest absolute Gasteiger partial charge is 0.296 e. The van der Waals surface area contributed by atoms with Crippen molar-refractivity contribution in [2.45, 2.75) is 6.92 Å². The number of aromatic nitrogens is 2. The van der Waals surface area contributed by atoms with E-state index in [0.29, 0.717) is 16.6 Å². The highest BCUT2D eigenvalue weighted by Gasteiger charge is 2.14. The fourth-order valence-corrected chi connectivity index (χ4v) is 1.52. The van der Waals surface area contributed by atoms with Crippen LogP contribution < -0.4 is 5.32 Å². The van der Waals surface area contributed by atoms with Crippen molar-refractivity contribution in [2.24, 2.45) is 0 Å². The van der Waals surface area contributed by atoms with Gasteiger partial charge >= 0.3 is 0 Å². The van der Waals surface area contributed by atoms with Crippen LogP contribution in [0.15, 0.2) is 18.5 Å². The molecule has 96 valence electrons. The third-order valence-corrected chi connectivity index (χ3v) is 2.36. The average molecular weight is 258 g/mol. The molecule has 2 aromatic heterocycles. The lowest BCUT2D eigenvalue weighted by Gasteiger charge is -1.93. The highest BCUT2D eigenvalue weighted by Crippen LogP contribution is 2.23. The van der Waals surface area contributed by atoms with E-state index < -0.39 is 4.92 Å². The Morgan fingerprint density at radius 3 is 3.11 bits per heavy atom. The molecule has 7 nitrogen and oxygen atoms in total. The molecule has 2 heterocycles. The van der Waals surface area contributed by atoms with Crippen molar-refractivity contribution in [1.82, 2.24) is 15.3 Å². The molecule has 0 fully saturated rings. The van der Waals surface area contributed by atoms with Gasteiger partial charge in [-0.15, -0.1) is 0 Å². The molecule has 0 aliphatic rings. The Bertz CT molecular complexity index is 709. The molecule has 0 saturated carbocycles. The number of rotatable bonds is 2. The van der Waals surface area contributed by atoms with Crippen molar-refractivity contribution < 1.29 is 9.72 Å². The van der Waals surface area contributed by atoms with Gasteiger partial charge in [0.15, 0.2) is 0 Å². The molecule has 0 unspecified atom stereocenters. The third kappa shape index (κ3) is 2.87. The van der Waals surface area contributed by atoms with Gasteiger partial charge in [0, 0.05) is 18.7 Å². The molecule has 2 rings (SSSR count). The Labute approximate surface area is 108 Å². The molecule has 0 bridgehead atoms. The number of nitrogens with zero attached hydrogens (tertiary/aromatic N) is 2. The molecule has 1 amide bonds. The summed E-state index contributed by atoms with van der Waals surface area (Å²) in [4.78, 5) is 27.7. The van der Waals surface area contributed by atoms with Crippen LogP contribution in [0.5, 0.6) is 0 Å². The predicted molar refractivity (Wildman–Crippen MR) is 68.3 cm³/mol. The molecular formula is C12H10N4O3. The Morgan fingerprint density at radius 1 is 1.63 bits per heavy atom. The molecule has 0 aliphatic carbocycles. The molecule has 2 N–H and O–H groups in total. The van der Waals surface area contributed by atoms with Crippen LogP contribution in [0.3, 0.4) is 0 Å². The van der Waals surface area contributed by atoms with Crippen LogP contribution in [0.4, 0.5) is 5.69 Å². The van der Waals surface area contributed by atoms with Crippen molar-refractivity contribution in [3.05, 3.63) is 34.1 Å². The number of carbonyl (C=O) groups is 1. The molecule has 0 saturated heterocycles. The zero-order valence-electron chi connectivity index (χ0n) is 10.1. The minimum Gasteiger partial charge on any atom is -0.345 e. The van der Waals surface area contributed by atoms with Crippen LogP contribution in [0.1, 0.15) is 12.5 Å². The first-order valence-electron chi connectivity index (χ1n) is 5.43. The number of nitrogens with one attached hydrogen (secondary N) is 2. The maximum atomic E-state index is 10.8. The number of amides is 1. The monoisotopic (exact) mass is 258 g/mol. The Hall–Kier alpha value is -2.88. The molecule has 7 heteroatoms. The summed E-state index contributed by atoms with van der Waals surface area (Å²) in [6.45, 7) is 1.63. The summed E-state index contributed by atoms with van der Waals surface area (Å²) in [5.74, 6) is 5.36. The van der Waals surface area contributed by atoms with Gasteiger partial charge < -0.3 is 10.3 Å². The summed E-state index contributed by atoms with van der Waals surface area (Å²) < 4.78 is 0. The molecule has 0 atom stereocenters. The van der Waals surface area contributed by atoms with Gasteiger partial charge in [0.25, 0.3) is 5.69 Å². The zero-order valence-corrected chi connectivity index (χ0v) is 10.1. The number of pyridine rings is 1. The first-order valence-corrected chi connectivity index (χ1v) is 5.43. The molecule has 2 aromatic rings. The quantitative estimate of drug-likeness (QED) is 0.476. The van der Waals surface area contributed by atoms with Crippen LogP contribution in [0, 0.1) is 22.0 Å². The molecular weight excluding hydrogens is 248 g/mol. The average Bonchev–Trinajstić information content (AvgIpc) is 2.77. The van der Waals surface area contributed by atoms with E-state index in [1.165, 1.54) is 19.3 Å². The first-order chi connectivity index (χ1) is 9.08. The Morgan fingerprint density at radius 2 is 2.42 bits per heavy atom. The van der Waals surface area contributed by atoms with Gasteiger partial charge in [0.2, 0.25) is 5.91 Å². The summed E-state index contributed by atoms with van der Waals surface area (Å²) in [7, 11) is 0. The van der Waals surface area contributed by atoms with E-state index in [4.69, 9.17) is 0 Å². The Balaban J connectivity index is 2.27. The van der Waals surface area contributed by atoms with Gasteiger partial charge in [-0.1, -0.05) is 11.8 Å². The maximum Gasteiger partial charge on any atom is 0.296 e. The molecule has 0 radical (unpaired) electrons. The van der Waals surface area contributed by atoms with E-state index in [-0.39, 0.29) is 18.1 Å². The minimum atomic E-state index is -0.477. The van der Waals surface area contributed by atoms with Crippen LogP contribution >= 0.6 is 0 Å². The number of hydrogen-bond acceptors (Lipinski definition) is 4. The van der Waals surface area contributed by atoms with Crippen LogP contribution in [-0.4, -0.2) is 27.3 Å². The number of hydrogen-bond donors (Lipinski definition) is 2. The van der Waals surface area contributed by atoms with Crippen molar-refractivity contribution >= 4 is 22.6 Å². The number of aromatic amines is 1. The number of nitro groups is 1. The molecule has 0 aromatic carbocycles. The summed E-state index contributed by atoms with van der Waals surface area (Å²) in [5, 5.41) is 13.7. The van der Waals surface area contributed by atoms with Gasteiger partial charge in [0.05, 0.1) is 23.1 Å². The van der Waals surface area contributed by atoms with Gasteiger partial charge in [-0.05, 0) is 6.07 Å². The predicted octanol–water partition coefficient (Wildman–Crippen LogP) is 0.959. The van der Waals surface area contributed by atoms with Crippen molar-refractivity contribution in [3.8, 4) is 11.8 Å². The lowest BCUT2D eigenvalue weighted by molar-refractivity contribution is -0.383. The topological polar surface area (TPSA) is 101 Å². The second-order valence-electron chi connectivity index (χ2n) is 3.76. The normalized spacial score (nSPS) is 9.74. The maximum absolute atomic E-state index is 10.8. The molecule has 0 aliphatic heterocycles. The van der Waals surface area contributed by atoms with Crippen molar-refractivity contribution in [1.29, 1.82) is 0 Å². The van der Waals surface area contributed by atoms with E-state index in [0.717, 1.165) is 0 Å². The highest BCUT2D eigenvalue weighted by atomic mass is 16.6. The molecule has 0 spiro atoms. The Kier molecular flexibility index (Phi) is 3.43. The van der Waals surface area contributed by atoms with Gasteiger partial charge in [-0.3, -0.25) is 14.9 Å². The van der Waals surface area contributed by atoms with E-state index in [2.05, 4.69) is 27.1 Å². The second-order valence-corrected chi connectivity index (χ2v) is 3.76. The van der Waals surface area contributed by atoms with E-state index in [1.807, 2.05) is 0 Å². The number of H-pyrrole nitrogens is 1. The fourth-order valence-electron chi connectivity index (χ4n) is 1.52. The van der Waals surface area contributed by atoms with Crippen LogP contribution in [0.25, 0.3) is 11.0 Å². The lowest BCUT2D eigenvalue weighted by atomic mass is 10.2.